The molecule has 0 bridgehead atoms. The van der Waals surface area contributed by atoms with Gasteiger partial charge in [-0.15, -0.1) is 11.3 Å². The third kappa shape index (κ3) is 2.47. The van der Waals surface area contributed by atoms with Crippen molar-refractivity contribution in [2.75, 3.05) is 14.1 Å². The lowest BCUT2D eigenvalue weighted by molar-refractivity contribution is 0.549. The lowest BCUT2D eigenvalue weighted by atomic mass is 10.2. The molecule has 0 fully saturated rings. The molecule has 0 aliphatic rings. The SMILES string of the molecule is Cc1ccc(-c2csc3ncn(/N=C\N(C)C)c(=O)c23)o1. The summed E-state index contributed by atoms with van der Waals surface area (Å²) in [4.78, 5) is 19.3. The Kier molecular flexibility index (Phi) is 3.34. The molecule has 0 saturated heterocycles. The molecule has 0 saturated carbocycles. The standard InChI is InChI=1S/C14H14N4O2S/c1-9-4-5-11(20-9)10-6-21-13-12(10)14(19)18(7-15-13)16-8-17(2)3/h4-8H,1-3H3/b16-8-. The van der Waals surface area contributed by atoms with Crippen molar-refractivity contribution in [1.29, 1.82) is 0 Å². The van der Waals surface area contributed by atoms with E-state index in [1.165, 1.54) is 22.3 Å². The van der Waals surface area contributed by atoms with Gasteiger partial charge in [-0.05, 0) is 19.1 Å². The van der Waals surface area contributed by atoms with Crippen LogP contribution >= 0.6 is 11.3 Å². The molecule has 0 spiro atoms. The number of furan rings is 1. The fourth-order valence-electron chi connectivity index (χ4n) is 1.93. The Morgan fingerprint density at radius 2 is 2.24 bits per heavy atom. The largest absolute Gasteiger partial charge is 0.461 e. The lowest BCUT2D eigenvalue weighted by Crippen LogP contribution is -2.19. The Morgan fingerprint density at radius 1 is 1.43 bits per heavy atom. The monoisotopic (exact) mass is 302 g/mol. The van der Waals surface area contributed by atoms with Crippen molar-refractivity contribution in [3.05, 3.63) is 40.0 Å². The highest BCUT2D eigenvalue weighted by Crippen LogP contribution is 2.31. The highest BCUT2D eigenvalue weighted by Gasteiger charge is 2.15. The number of aryl methyl sites for hydroxylation is 1. The van der Waals surface area contributed by atoms with Crippen LogP contribution in [0.3, 0.4) is 0 Å². The summed E-state index contributed by atoms with van der Waals surface area (Å²) < 4.78 is 6.84. The zero-order valence-electron chi connectivity index (χ0n) is 11.9. The highest BCUT2D eigenvalue weighted by atomic mass is 32.1. The van der Waals surface area contributed by atoms with Crippen LogP contribution in [0.15, 0.2) is 38.2 Å². The van der Waals surface area contributed by atoms with Crippen LogP contribution in [-0.4, -0.2) is 35.0 Å². The van der Waals surface area contributed by atoms with Gasteiger partial charge in [-0.3, -0.25) is 4.79 Å². The first kappa shape index (κ1) is 13.6. The molecule has 0 N–H and O–H groups in total. The van der Waals surface area contributed by atoms with Crippen molar-refractivity contribution in [3.63, 3.8) is 0 Å². The molecule has 3 aromatic rings. The van der Waals surface area contributed by atoms with E-state index >= 15 is 0 Å². The number of fused-ring (bicyclic) bond motifs is 1. The van der Waals surface area contributed by atoms with Gasteiger partial charge in [-0.25, -0.2) is 4.98 Å². The van der Waals surface area contributed by atoms with Crippen LogP contribution in [0.2, 0.25) is 0 Å². The minimum absolute atomic E-state index is 0.205. The van der Waals surface area contributed by atoms with Gasteiger partial charge in [-0.2, -0.15) is 9.78 Å². The Labute approximate surface area is 125 Å². The zero-order chi connectivity index (χ0) is 15.0. The smallest absolute Gasteiger partial charge is 0.283 e. The molecule has 3 heterocycles. The van der Waals surface area contributed by atoms with Crippen LogP contribution in [-0.2, 0) is 0 Å². The van der Waals surface area contributed by atoms with Crippen LogP contribution in [0, 0.1) is 6.92 Å². The van der Waals surface area contributed by atoms with Crippen molar-refractivity contribution in [2.24, 2.45) is 5.10 Å². The fraction of sp³-hybridized carbons (Fsp3) is 0.214. The number of nitrogens with zero attached hydrogens (tertiary/aromatic N) is 4. The van der Waals surface area contributed by atoms with E-state index in [0.29, 0.717) is 16.0 Å². The number of thiophene rings is 1. The first-order valence-electron chi connectivity index (χ1n) is 6.33. The lowest BCUT2D eigenvalue weighted by Gasteiger charge is -2.03. The van der Waals surface area contributed by atoms with E-state index in [1.54, 1.807) is 11.2 Å². The number of aromatic nitrogens is 2. The third-order valence-corrected chi connectivity index (χ3v) is 3.78. The molecule has 0 amide bonds. The predicted molar refractivity (Wildman–Crippen MR) is 83.9 cm³/mol. The van der Waals surface area contributed by atoms with Crippen molar-refractivity contribution < 1.29 is 4.42 Å². The van der Waals surface area contributed by atoms with E-state index < -0.39 is 0 Å². The van der Waals surface area contributed by atoms with Crippen LogP contribution in [0.25, 0.3) is 21.5 Å². The Bertz CT molecular complexity index is 873. The van der Waals surface area contributed by atoms with Gasteiger partial charge in [-0.1, -0.05) is 0 Å². The summed E-state index contributed by atoms with van der Waals surface area (Å²) in [6.07, 6.45) is 2.98. The molecule has 7 heteroatoms. The summed E-state index contributed by atoms with van der Waals surface area (Å²) in [6.45, 7) is 1.87. The second-order valence-corrected chi connectivity index (χ2v) is 5.69. The van der Waals surface area contributed by atoms with Gasteiger partial charge in [0.15, 0.2) is 0 Å². The van der Waals surface area contributed by atoms with Crippen LogP contribution in [0.5, 0.6) is 0 Å². The zero-order valence-corrected chi connectivity index (χ0v) is 12.7. The van der Waals surface area contributed by atoms with Crippen LogP contribution < -0.4 is 5.56 Å². The first-order chi connectivity index (χ1) is 10.1. The Hall–Kier alpha value is -2.41. The molecule has 0 aliphatic carbocycles. The third-order valence-electron chi connectivity index (χ3n) is 2.89. The van der Waals surface area contributed by atoms with Gasteiger partial charge in [0.25, 0.3) is 5.56 Å². The number of hydrogen-bond acceptors (Lipinski definition) is 5. The van der Waals surface area contributed by atoms with Crippen LogP contribution in [0.1, 0.15) is 5.76 Å². The average Bonchev–Trinajstić information content (AvgIpc) is 3.04. The number of hydrogen-bond donors (Lipinski definition) is 0. The molecule has 21 heavy (non-hydrogen) atoms. The van der Waals surface area contributed by atoms with Gasteiger partial charge in [0, 0.05) is 25.0 Å². The normalized spacial score (nSPS) is 11.6. The predicted octanol–water partition coefficient (Wildman–Crippen LogP) is 2.38. The highest BCUT2D eigenvalue weighted by molar-refractivity contribution is 7.17. The summed E-state index contributed by atoms with van der Waals surface area (Å²) in [5, 5.41) is 6.51. The van der Waals surface area contributed by atoms with E-state index in [4.69, 9.17) is 4.42 Å². The van der Waals surface area contributed by atoms with Gasteiger partial charge in [0.1, 0.15) is 29.0 Å². The second kappa shape index (κ2) is 5.17. The molecule has 3 aromatic heterocycles. The van der Waals surface area contributed by atoms with Crippen molar-refractivity contribution in [2.45, 2.75) is 6.92 Å². The van der Waals surface area contributed by atoms with E-state index in [2.05, 4.69) is 10.1 Å². The maximum Gasteiger partial charge on any atom is 0.283 e. The molecule has 0 radical (unpaired) electrons. The summed E-state index contributed by atoms with van der Waals surface area (Å²) in [5.74, 6) is 1.48. The van der Waals surface area contributed by atoms with Crippen LogP contribution in [0.4, 0.5) is 0 Å². The van der Waals surface area contributed by atoms with Crippen molar-refractivity contribution >= 4 is 27.9 Å². The first-order valence-corrected chi connectivity index (χ1v) is 7.21. The van der Waals surface area contributed by atoms with Gasteiger partial charge in [0.05, 0.1) is 5.39 Å². The molecule has 0 atom stereocenters. The second-order valence-electron chi connectivity index (χ2n) is 4.83. The minimum Gasteiger partial charge on any atom is -0.461 e. The summed E-state index contributed by atoms with van der Waals surface area (Å²) in [6, 6.07) is 3.73. The average molecular weight is 302 g/mol. The van der Waals surface area contributed by atoms with E-state index in [1.807, 2.05) is 38.5 Å². The van der Waals surface area contributed by atoms with Gasteiger partial charge < -0.3 is 9.32 Å². The maximum atomic E-state index is 12.6. The summed E-state index contributed by atoms with van der Waals surface area (Å²) in [5.41, 5.74) is 0.554. The molecule has 0 aromatic carbocycles. The van der Waals surface area contributed by atoms with Gasteiger partial charge in [0.2, 0.25) is 0 Å². The Morgan fingerprint density at radius 3 is 2.90 bits per heavy atom. The molecule has 6 nitrogen and oxygen atoms in total. The minimum atomic E-state index is -0.205. The molecule has 3 rings (SSSR count). The molecule has 0 aliphatic heterocycles. The van der Waals surface area contributed by atoms with E-state index in [0.717, 1.165) is 11.3 Å². The number of rotatable bonds is 3. The van der Waals surface area contributed by atoms with Crippen molar-refractivity contribution in [1.82, 2.24) is 14.6 Å². The topological polar surface area (TPSA) is 63.6 Å². The maximum absolute atomic E-state index is 12.6. The molecule has 108 valence electrons. The fourth-order valence-corrected chi connectivity index (χ4v) is 2.81. The molecule has 0 unspecified atom stereocenters. The van der Waals surface area contributed by atoms with E-state index in [9.17, 15) is 4.79 Å². The van der Waals surface area contributed by atoms with Gasteiger partial charge >= 0.3 is 0 Å². The molecular weight excluding hydrogens is 288 g/mol. The van der Waals surface area contributed by atoms with E-state index in [-0.39, 0.29) is 5.56 Å². The van der Waals surface area contributed by atoms with Crippen molar-refractivity contribution in [3.8, 4) is 11.3 Å². The quantitative estimate of drug-likeness (QED) is 0.550. The Balaban J connectivity index is 2.20. The molecular formula is C14H14N4O2S. The summed E-state index contributed by atoms with van der Waals surface area (Å²) >= 11 is 1.42. The summed E-state index contributed by atoms with van der Waals surface area (Å²) in [7, 11) is 3.67.